The molecule has 4 saturated carbocycles. The highest BCUT2D eigenvalue weighted by molar-refractivity contribution is 5.00. The number of hydrogen-bond donors (Lipinski definition) is 1. The predicted octanol–water partition coefficient (Wildman–Crippen LogP) is 2.97. The molecule has 1 heteroatoms. The van der Waals surface area contributed by atoms with E-state index in [1.54, 1.807) is 0 Å². The van der Waals surface area contributed by atoms with E-state index >= 15 is 0 Å². The summed E-state index contributed by atoms with van der Waals surface area (Å²) in [4.78, 5) is 0. The average Bonchev–Trinajstić information content (AvgIpc) is 2.31. The molecule has 0 saturated heterocycles. The van der Waals surface area contributed by atoms with Crippen LogP contribution in [-0.2, 0) is 0 Å². The van der Waals surface area contributed by atoms with Gasteiger partial charge in [-0.2, -0.15) is 0 Å². The molecule has 4 rings (SSSR count). The second-order valence-electron chi connectivity index (χ2n) is 6.29. The molecule has 0 heterocycles. The van der Waals surface area contributed by atoms with Crippen LogP contribution in [0.25, 0.3) is 0 Å². The Hall–Kier alpha value is -0.0400. The van der Waals surface area contributed by atoms with Gasteiger partial charge >= 0.3 is 0 Å². The van der Waals surface area contributed by atoms with Crippen molar-refractivity contribution in [2.24, 2.45) is 23.2 Å². The summed E-state index contributed by atoms with van der Waals surface area (Å²) in [6.07, 6.45) is 9.74. The molecule has 4 aliphatic rings. The summed E-state index contributed by atoms with van der Waals surface area (Å²) in [6, 6.07) is 0. The van der Waals surface area contributed by atoms with Gasteiger partial charge in [-0.1, -0.05) is 0 Å². The van der Waals surface area contributed by atoms with E-state index in [9.17, 15) is 5.11 Å². The molecule has 1 N–H and O–H groups in total. The Labute approximate surface area is 86.9 Å². The summed E-state index contributed by atoms with van der Waals surface area (Å²) >= 11 is 0. The van der Waals surface area contributed by atoms with Crippen LogP contribution in [0.3, 0.4) is 0 Å². The first-order valence-electron chi connectivity index (χ1n) is 6.36. The van der Waals surface area contributed by atoms with Gasteiger partial charge in [-0.15, -0.1) is 0 Å². The summed E-state index contributed by atoms with van der Waals surface area (Å²) < 4.78 is 0. The van der Waals surface area contributed by atoms with E-state index in [1.165, 1.54) is 44.9 Å². The Balaban J connectivity index is 1.93. The fraction of sp³-hybridized carbons (Fsp3) is 1.00. The predicted molar refractivity (Wildman–Crippen MR) is 56.9 cm³/mol. The van der Waals surface area contributed by atoms with Gasteiger partial charge in [0.25, 0.3) is 0 Å². The standard InChI is InChI=1S/C13H22O/c1-9(14)13-3-2-10-4-11(7-13)6-12(5-10)8-13/h9-12,14H,2-8H2,1H3. The molecule has 3 unspecified atom stereocenters. The number of fused-ring (bicyclic) bond motifs is 1. The molecule has 0 aromatic heterocycles. The highest BCUT2D eigenvalue weighted by Crippen LogP contribution is 2.58. The topological polar surface area (TPSA) is 20.2 Å². The summed E-state index contributed by atoms with van der Waals surface area (Å²) in [7, 11) is 0. The van der Waals surface area contributed by atoms with Crippen molar-refractivity contribution in [1.82, 2.24) is 0 Å². The van der Waals surface area contributed by atoms with Gasteiger partial charge in [0.05, 0.1) is 6.10 Å². The van der Waals surface area contributed by atoms with Crippen molar-refractivity contribution < 1.29 is 5.11 Å². The van der Waals surface area contributed by atoms with Crippen LogP contribution >= 0.6 is 0 Å². The molecular formula is C13H22O. The maximum absolute atomic E-state index is 10.0. The van der Waals surface area contributed by atoms with E-state index in [2.05, 4.69) is 0 Å². The van der Waals surface area contributed by atoms with Gasteiger partial charge < -0.3 is 5.11 Å². The molecule has 4 aliphatic carbocycles. The van der Waals surface area contributed by atoms with Gasteiger partial charge in [0, 0.05) is 0 Å². The lowest BCUT2D eigenvalue weighted by Crippen LogP contribution is -2.40. The average molecular weight is 194 g/mol. The molecule has 0 spiro atoms. The lowest BCUT2D eigenvalue weighted by atomic mass is 9.60. The first-order chi connectivity index (χ1) is 6.68. The summed E-state index contributed by atoms with van der Waals surface area (Å²) in [5, 5.41) is 10.0. The fourth-order valence-corrected chi connectivity index (χ4v) is 4.75. The highest BCUT2D eigenvalue weighted by Gasteiger charge is 2.49. The van der Waals surface area contributed by atoms with Crippen molar-refractivity contribution in [2.75, 3.05) is 0 Å². The Morgan fingerprint density at radius 2 is 1.64 bits per heavy atom. The number of aliphatic hydroxyl groups is 1. The van der Waals surface area contributed by atoms with Gasteiger partial charge in [-0.3, -0.25) is 0 Å². The molecule has 0 radical (unpaired) electrons. The van der Waals surface area contributed by atoms with Crippen LogP contribution in [0.1, 0.15) is 51.9 Å². The second kappa shape index (κ2) is 2.98. The number of rotatable bonds is 1. The van der Waals surface area contributed by atoms with Gasteiger partial charge in [-0.25, -0.2) is 0 Å². The Kier molecular flexibility index (Phi) is 1.96. The highest BCUT2D eigenvalue weighted by atomic mass is 16.3. The van der Waals surface area contributed by atoms with Crippen LogP contribution in [0, 0.1) is 23.2 Å². The summed E-state index contributed by atoms with van der Waals surface area (Å²) in [6.45, 7) is 2.03. The van der Waals surface area contributed by atoms with Crippen LogP contribution < -0.4 is 0 Å². The third-order valence-corrected chi connectivity index (χ3v) is 5.33. The van der Waals surface area contributed by atoms with Crippen LogP contribution in [-0.4, -0.2) is 11.2 Å². The zero-order valence-electron chi connectivity index (χ0n) is 9.21. The molecule has 0 amide bonds. The molecule has 80 valence electrons. The minimum absolute atomic E-state index is 0.0651. The van der Waals surface area contributed by atoms with E-state index in [0.29, 0.717) is 5.41 Å². The van der Waals surface area contributed by atoms with Crippen LogP contribution in [0.15, 0.2) is 0 Å². The molecule has 0 aromatic carbocycles. The van der Waals surface area contributed by atoms with E-state index in [-0.39, 0.29) is 6.10 Å². The first kappa shape index (κ1) is 9.21. The molecule has 14 heavy (non-hydrogen) atoms. The zero-order chi connectivity index (χ0) is 9.76. The smallest absolute Gasteiger partial charge is 0.0568 e. The first-order valence-corrected chi connectivity index (χ1v) is 6.36. The van der Waals surface area contributed by atoms with Gasteiger partial charge in [0.1, 0.15) is 0 Å². The van der Waals surface area contributed by atoms with Crippen molar-refractivity contribution in [3.05, 3.63) is 0 Å². The minimum Gasteiger partial charge on any atom is -0.393 e. The number of aliphatic hydroxyl groups excluding tert-OH is 1. The maximum Gasteiger partial charge on any atom is 0.0568 e. The normalized spacial score (nSPS) is 53.1. The summed E-state index contributed by atoms with van der Waals surface area (Å²) in [5.74, 6) is 2.94. The molecule has 1 nitrogen and oxygen atoms in total. The molecule has 0 aliphatic heterocycles. The third kappa shape index (κ3) is 1.25. The minimum atomic E-state index is -0.0651. The second-order valence-corrected chi connectivity index (χ2v) is 6.29. The lowest BCUT2D eigenvalue weighted by molar-refractivity contribution is -0.0324. The molecular weight excluding hydrogens is 172 g/mol. The SMILES string of the molecule is CC(O)C12CCC3CC(CC(C3)C1)C2. The van der Waals surface area contributed by atoms with Crippen molar-refractivity contribution >= 4 is 0 Å². The molecule has 4 bridgehead atoms. The maximum atomic E-state index is 10.0. The lowest BCUT2D eigenvalue weighted by Gasteiger charge is -2.46. The van der Waals surface area contributed by atoms with E-state index in [0.717, 1.165) is 17.8 Å². The third-order valence-electron chi connectivity index (χ3n) is 5.33. The quantitative estimate of drug-likeness (QED) is 0.680. The molecule has 0 aromatic rings. The van der Waals surface area contributed by atoms with Crippen LogP contribution in [0.4, 0.5) is 0 Å². The fourth-order valence-electron chi connectivity index (χ4n) is 4.75. The van der Waals surface area contributed by atoms with Crippen LogP contribution in [0.2, 0.25) is 0 Å². The van der Waals surface area contributed by atoms with E-state index in [4.69, 9.17) is 0 Å². The largest absolute Gasteiger partial charge is 0.393 e. The Morgan fingerprint density at radius 1 is 1.07 bits per heavy atom. The van der Waals surface area contributed by atoms with E-state index < -0.39 is 0 Å². The summed E-state index contributed by atoms with van der Waals surface area (Å²) in [5.41, 5.74) is 0.332. The van der Waals surface area contributed by atoms with Gasteiger partial charge in [-0.05, 0) is 75.0 Å². The Morgan fingerprint density at radius 3 is 2.21 bits per heavy atom. The van der Waals surface area contributed by atoms with E-state index in [1.807, 2.05) is 6.92 Å². The van der Waals surface area contributed by atoms with Crippen LogP contribution in [0.5, 0.6) is 0 Å². The van der Waals surface area contributed by atoms with Gasteiger partial charge in [0.2, 0.25) is 0 Å². The Bertz CT molecular complexity index is 219. The van der Waals surface area contributed by atoms with Crippen molar-refractivity contribution in [3.63, 3.8) is 0 Å². The molecule has 4 fully saturated rings. The van der Waals surface area contributed by atoms with Gasteiger partial charge in [0.15, 0.2) is 0 Å². The van der Waals surface area contributed by atoms with Crippen molar-refractivity contribution in [1.29, 1.82) is 0 Å². The zero-order valence-corrected chi connectivity index (χ0v) is 9.21. The monoisotopic (exact) mass is 194 g/mol. The van der Waals surface area contributed by atoms with Crippen molar-refractivity contribution in [2.45, 2.75) is 58.0 Å². The molecule has 3 atom stereocenters. The number of hydrogen-bond acceptors (Lipinski definition) is 1. The van der Waals surface area contributed by atoms with Crippen molar-refractivity contribution in [3.8, 4) is 0 Å².